The number of guanidine groups is 1. The summed E-state index contributed by atoms with van der Waals surface area (Å²) in [6.45, 7) is 0.637. The van der Waals surface area contributed by atoms with Gasteiger partial charge < -0.3 is 10.2 Å². The molecule has 0 aliphatic heterocycles. The van der Waals surface area contributed by atoms with E-state index < -0.39 is 0 Å². The van der Waals surface area contributed by atoms with Crippen molar-refractivity contribution < 1.29 is 4.39 Å². The fraction of sp³-hybridized carbons (Fsp3) is 0.316. The van der Waals surface area contributed by atoms with Crippen LogP contribution in [0.15, 0.2) is 59.6 Å². The van der Waals surface area contributed by atoms with Crippen LogP contribution < -0.4 is 5.32 Å². The molecule has 0 amide bonds. The third kappa shape index (κ3) is 3.89. The van der Waals surface area contributed by atoms with Crippen molar-refractivity contribution in [2.24, 2.45) is 4.99 Å². The van der Waals surface area contributed by atoms with Crippen molar-refractivity contribution in [1.29, 1.82) is 0 Å². The van der Waals surface area contributed by atoms with Crippen LogP contribution in [0.5, 0.6) is 0 Å². The van der Waals surface area contributed by atoms with Gasteiger partial charge in [0.05, 0.1) is 6.54 Å². The molecule has 0 heterocycles. The highest BCUT2D eigenvalue weighted by atomic mass is 19.1. The fourth-order valence-corrected chi connectivity index (χ4v) is 2.71. The molecule has 0 aromatic heterocycles. The van der Waals surface area contributed by atoms with E-state index in [4.69, 9.17) is 0 Å². The molecular weight excluding hydrogens is 289 g/mol. The zero-order valence-corrected chi connectivity index (χ0v) is 13.5. The van der Waals surface area contributed by atoms with Gasteiger partial charge in [-0.1, -0.05) is 48.5 Å². The summed E-state index contributed by atoms with van der Waals surface area (Å²) in [5.41, 5.74) is 1.97. The maximum Gasteiger partial charge on any atom is 0.193 e. The molecular formula is C19H22FN3. The second kappa shape index (κ2) is 6.82. The molecule has 3 rings (SSSR count). The molecule has 2 atom stereocenters. The minimum Gasteiger partial charge on any atom is -0.353 e. The van der Waals surface area contributed by atoms with Gasteiger partial charge in [-0.15, -0.1) is 0 Å². The average Bonchev–Trinajstić information content (AvgIpc) is 3.31. The van der Waals surface area contributed by atoms with Gasteiger partial charge in [0.25, 0.3) is 0 Å². The van der Waals surface area contributed by atoms with Crippen LogP contribution in [0.3, 0.4) is 0 Å². The number of aliphatic imine (C=N–C) groups is 1. The summed E-state index contributed by atoms with van der Waals surface area (Å²) in [6, 6.07) is 17.4. The summed E-state index contributed by atoms with van der Waals surface area (Å²) in [4.78, 5) is 6.63. The first kappa shape index (κ1) is 15.5. The first-order valence-electron chi connectivity index (χ1n) is 7.92. The zero-order valence-electron chi connectivity index (χ0n) is 13.5. The molecule has 120 valence electrons. The molecule has 0 saturated heterocycles. The van der Waals surface area contributed by atoms with Crippen molar-refractivity contribution in [3.63, 3.8) is 0 Å². The molecule has 2 aromatic rings. The van der Waals surface area contributed by atoms with E-state index in [2.05, 4.69) is 22.4 Å². The quantitative estimate of drug-likeness (QED) is 0.692. The Morgan fingerprint density at radius 2 is 1.83 bits per heavy atom. The maximum absolute atomic E-state index is 13.9. The topological polar surface area (TPSA) is 27.6 Å². The number of nitrogens with one attached hydrogen (secondary N) is 1. The molecule has 1 N–H and O–H groups in total. The second-order valence-electron chi connectivity index (χ2n) is 6.13. The van der Waals surface area contributed by atoms with Gasteiger partial charge in [-0.3, -0.25) is 0 Å². The van der Waals surface area contributed by atoms with Gasteiger partial charge >= 0.3 is 0 Å². The third-order valence-electron chi connectivity index (χ3n) is 4.09. The van der Waals surface area contributed by atoms with Crippen molar-refractivity contribution in [3.8, 4) is 0 Å². The van der Waals surface area contributed by atoms with Crippen molar-refractivity contribution in [1.82, 2.24) is 10.2 Å². The molecule has 2 aromatic carbocycles. The molecule has 23 heavy (non-hydrogen) atoms. The summed E-state index contributed by atoms with van der Waals surface area (Å²) >= 11 is 0. The summed E-state index contributed by atoms with van der Waals surface area (Å²) < 4.78 is 13.9. The van der Waals surface area contributed by atoms with E-state index in [-0.39, 0.29) is 17.8 Å². The Morgan fingerprint density at radius 1 is 1.13 bits per heavy atom. The van der Waals surface area contributed by atoms with Gasteiger partial charge in [-0.25, -0.2) is 9.38 Å². The Morgan fingerprint density at radius 3 is 2.52 bits per heavy atom. The van der Waals surface area contributed by atoms with Gasteiger partial charge in [-0.2, -0.15) is 0 Å². The lowest BCUT2D eigenvalue weighted by Crippen LogP contribution is -2.38. The van der Waals surface area contributed by atoms with Gasteiger partial charge in [0, 0.05) is 26.1 Å². The predicted molar refractivity (Wildman–Crippen MR) is 91.9 cm³/mol. The second-order valence-corrected chi connectivity index (χ2v) is 6.13. The van der Waals surface area contributed by atoms with Gasteiger partial charge in [0.2, 0.25) is 0 Å². The van der Waals surface area contributed by atoms with E-state index >= 15 is 0 Å². The minimum absolute atomic E-state index is 0.116. The number of nitrogens with zero attached hydrogens (tertiary/aromatic N) is 2. The van der Waals surface area contributed by atoms with Crippen LogP contribution in [0.25, 0.3) is 0 Å². The molecule has 0 radical (unpaired) electrons. The minimum atomic E-state index is -0.116. The van der Waals surface area contributed by atoms with Gasteiger partial charge in [0.15, 0.2) is 5.96 Å². The molecule has 1 aliphatic rings. The first-order chi connectivity index (χ1) is 11.1. The summed E-state index contributed by atoms with van der Waals surface area (Å²) in [6.07, 6.45) is 0.944. The van der Waals surface area contributed by atoms with E-state index in [1.54, 1.807) is 6.07 Å². The lowest BCUT2D eigenvalue weighted by Gasteiger charge is -2.18. The Bertz CT molecular complexity index is 682. The zero-order chi connectivity index (χ0) is 16.2. The van der Waals surface area contributed by atoms with E-state index in [0.29, 0.717) is 6.54 Å². The molecule has 1 fully saturated rings. The van der Waals surface area contributed by atoms with Gasteiger partial charge in [-0.05, 0) is 23.6 Å². The number of benzene rings is 2. The van der Waals surface area contributed by atoms with E-state index in [0.717, 1.165) is 17.9 Å². The Labute approximate surface area is 136 Å². The predicted octanol–water partition coefficient (Wildman–Crippen LogP) is 3.39. The number of rotatable bonds is 4. The van der Waals surface area contributed by atoms with Crippen LogP contribution in [0, 0.1) is 5.82 Å². The van der Waals surface area contributed by atoms with Crippen LogP contribution in [0.2, 0.25) is 0 Å². The van der Waals surface area contributed by atoms with Crippen molar-refractivity contribution in [2.45, 2.75) is 24.9 Å². The molecule has 0 spiro atoms. The van der Waals surface area contributed by atoms with Crippen LogP contribution in [-0.2, 0) is 6.54 Å². The van der Waals surface area contributed by atoms with Crippen LogP contribution >= 0.6 is 0 Å². The number of halogens is 1. The molecule has 2 unspecified atom stereocenters. The largest absolute Gasteiger partial charge is 0.353 e. The monoisotopic (exact) mass is 311 g/mol. The van der Waals surface area contributed by atoms with E-state index in [9.17, 15) is 4.39 Å². The number of hydrogen-bond acceptors (Lipinski definition) is 1. The van der Waals surface area contributed by atoms with E-state index in [1.807, 2.05) is 49.3 Å². The Kier molecular flexibility index (Phi) is 4.60. The third-order valence-corrected chi connectivity index (χ3v) is 4.09. The Balaban J connectivity index is 1.64. The van der Waals surface area contributed by atoms with Crippen LogP contribution in [-0.4, -0.2) is 31.0 Å². The highest BCUT2D eigenvalue weighted by Gasteiger charge is 2.40. The van der Waals surface area contributed by atoms with Crippen molar-refractivity contribution in [3.05, 3.63) is 71.5 Å². The first-order valence-corrected chi connectivity index (χ1v) is 7.92. The molecule has 0 bridgehead atoms. The van der Waals surface area contributed by atoms with Crippen molar-refractivity contribution in [2.75, 3.05) is 14.1 Å². The normalized spacial score (nSPS) is 20.2. The van der Waals surface area contributed by atoms with Gasteiger partial charge in [0.1, 0.15) is 5.82 Å². The molecule has 3 nitrogen and oxygen atoms in total. The highest BCUT2D eigenvalue weighted by Crippen LogP contribution is 2.41. The summed E-state index contributed by atoms with van der Waals surface area (Å²) in [5.74, 6) is 0.963. The molecule has 4 heteroatoms. The highest BCUT2D eigenvalue weighted by molar-refractivity contribution is 5.80. The lowest BCUT2D eigenvalue weighted by molar-refractivity contribution is 0.572. The van der Waals surface area contributed by atoms with Crippen LogP contribution in [0.4, 0.5) is 4.39 Å². The Hall–Kier alpha value is -2.36. The molecule has 1 saturated carbocycles. The van der Waals surface area contributed by atoms with Crippen LogP contribution in [0.1, 0.15) is 23.5 Å². The van der Waals surface area contributed by atoms with E-state index in [1.165, 1.54) is 11.6 Å². The smallest absolute Gasteiger partial charge is 0.193 e. The molecule has 1 aliphatic carbocycles. The maximum atomic E-state index is 13.9. The standard InChI is InChI=1S/C19H22FN3/c1-23(2)19(21-13-14-8-4-3-5-9-14)22-18-12-16(18)15-10-6-7-11-17(15)20/h3-11,16,18H,12-13H2,1-2H3,(H,21,22). The average molecular weight is 311 g/mol. The SMILES string of the molecule is CN(C)C(=NCc1ccccc1)NC1CC1c1ccccc1F. The number of hydrogen-bond donors (Lipinski definition) is 1. The fourth-order valence-electron chi connectivity index (χ4n) is 2.71. The summed E-state index contributed by atoms with van der Waals surface area (Å²) in [7, 11) is 3.94. The lowest BCUT2D eigenvalue weighted by atomic mass is 10.1. The van der Waals surface area contributed by atoms with Crippen molar-refractivity contribution >= 4 is 5.96 Å². The summed E-state index contributed by atoms with van der Waals surface area (Å²) in [5, 5.41) is 3.45.